The summed E-state index contributed by atoms with van der Waals surface area (Å²) in [4.78, 5) is 14.1. The van der Waals surface area contributed by atoms with E-state index in [0.29, 0.717) is 25.2 Å². The second kappa shape index (κ2) is 8.10. The van der Waals surface area contributed by atoms with Crippen molar-refractivity contribution in [3.63, 3.8) is 0 Å². The normalized spacial score (nSPS) is 18.1. The zero-order valence-electron chi connectivity index (χ0n) is 13.4. The van der Waals surface area contributed by atoms with Crippen molar-refractivity contribution < 1.29 is 13.2 Å². The highest BCUT2D eigenvalue weighted by Crippen LogP contribution is 2.15. The van der Waals surface area contributed by atoms with Gasteiger partial charge in [-0.05, 0) is 36.6 Å². The number of benzene rings is 1. The van der Waals surface area contributed by atoms with Gasteiger partial charge in [0.25, 0.3) is 5.91 Å². The predicted octanol–water partition coefficient (Wildman–Crippen LogP) is 1.22. The molecular weight excluding hydrogens is 338 g/mol. The smallest absolute Gasteiger partial charge is 0.253 e. The maximum atomic E-state index is 12.3. The average Bonchev–Trinajstić information content (AvgIpc) is 2.91. The molecular formula is C15H24ClN3O3S. The summed E-state index contributed by atoms with van der Waals surface area (Å²) < 4.78 is 26.7. The van der Waals surface area contributed by atoms with Crippen molar-refractivity contribution in [2.24, 2.45) is 11.7 Å². The maximum absolute atomic E-state index is 12.3. The highest BCUT2D eigenvalue weighted by Gasteiger charge is 2.24. The first-order valence-corrected chi connectivity index (χ1v) is 8.92. The lowest BCUT2D eigenvalue weighted by atomic mass is 10.2. The van der Waals surface area contributed by atoms with E-state index in [9.17, 15) is 13.2 Å². The third kappa shape index (κ3) is 5.17. The molecule has 1 aromatic rings. The Morgan fingerprint density at radius 2 is 1.96 bits per heavy atom. The van der Waals surface area contributed by atoms with E-state index in [4.69, 9.17) is 5.73 Å². The Morgan fingerprint density at radius 1 is 1.35 bits per heavy atom. The van der Waals surface area contributed by atoms with Gasteiger partial charge in [0.2, 0.25) is 10.0 Å². The fraction of sp³-hybridized carbons (Fsp3) is 0.533. The molecule has 0 spiro atoms. The van der Waals surface area contributed by atoms with Gasteiger partial charge in [0.1, 0.15) is 0 Å². The van der Waals surface area contributed by atoms with E-state index in [-0.39, 0.29) is 35.2 Å². The van der Waals surface area contributed by atoms with Crippen LogP contribution in [0.1, 0.15) is 30.6 Å². The van der Waals surface area contributed by atoms with Crippen LogP contribution in [0.3, 0.4) is 0 Å². The van der Waals surface area contributed by atoms with Crippen LogP contribution in [0.4, 0.5) is 0 Å². The molecule has 1 atom stereocenters. The Morgan fingerprint density at radius 3 is 2.43 bits per heavy atom. The predicted molar refractivity (Wildman–Crippen MR) is 92.2 cm³/mol. The molecule has 1 fully saturated rings. The lowest BCUT2D eigenvalue weighted by Gasteiger charge is -2.16. The van der Waals surface area contributed by atoms with E-state index in [2.05, 4.69) is 4.72 Å². The van der Waals surface area contributed by atoms with Gasteiger partial charge in [-0.3, -0.25) is 4.79 Å². The number of hydrogen-bond acceptors (Lipinski definition) is 4. The van der Waals surface area contributed by atoms with Crippen molar-refractivity contribution in [1.82, 2.24) is 9.62 Å². The summed E-state index contributed by atoms with van der Waals surface area (Å²) in [5.74, 6) is 0.127. The number of likely N-dealkylation sites (tertiary alicyclic amines) is 1. The maximum Gasteiger partial charge on any atom is 0.253 e. The average molecular weight is 362 g/mol. The van der Waals surface area contributed by atoms with E-state index < -0.39 is 10.0 Å². The van der Waals surface area contributed by atoms with Crippen LogP contribution in [0.5, 0.6) is 0 Å². The molecule has 1 saturated heterocycles. The first kappa shape index (κ1) is 19.9. The Kier molecular flexibility index (Phi) is 7.01. The third-order valence-electron chi connectivity index (χ3n) is 3.61. The van der Waals surface area contributed by atoms with Crippen molar-refractivity contribution >= 4 is 28.3 Å². The van der Waals surface area contributed by atoms with Crippen LogP contribution in [0.25, 0.3) is 0 Å². The van der Waals surface area contributed by atoms with Crippen LogP contribution < -0.4 is 10.5 Å². The van der Waals surface area contributed by atoms with Crippen molar-refractivity contribution in [3.05, 3.63) is 29.8 Å². The molecule has 0 aliphatic carbocycles. The molecule has 0 unspecified atom stereocenters. The summed E-state index contributed by atoms with van der Waals surface area (Å²) in [6, 6.07) is 6.06. The molecule has 1 aliphatic rings. The Balaban J connectivity index is 0.00000264. The first-order chi connectivity index (χ1) is 10.3. The lowest BCUT2D eigenvalue weighted by Crippen LogP contribution is -2.32. The van der Waals surface area contributed by atoms with Crippen LogP contribution in [0.2, 0.25) is 0 Å². The molecule has 3 N–H and O–H groups in total. The van der Waals surface area contributed by atoms with Gasteiger partial charge in [0.15, 0.2) is 0 Å². The third-order valence-corrected chi connectivity index (χ3v) is 5.04. The van der Waals surface area contributed by atoms with Crippen LogP contribution in [-0.2, 0) is 10.0 Å². The van der Waals surface area contributed by atoms with Crippen LogP contribution in [-0.4, -0.2) is 44.9 Å². The fourth-order valence-corrected chi connectivity index (χ4v) is 3.50. The summed E-state index contributed by atoms with van der Waals surface area (Å²) in [5, 5.41) is 0. The molecule has 1 aromatic carbocycles. The molecule has 6 nitrogen and oxygen atoms in total. The zero-order valence-corrected chi connectivity index (χ0v) is 15.0. The number of amides is 1. The fourth-order valence-electron chi connectivity index (χ4n) is 2.29. The summed E-state index contributed by atoms with van der Waals surface area (Å²) in [6.07, 6.45) is 0.803. The number of carbonyl (C=O) groups is 1. The molecule has 0 saturated carbocycles. The molecule has 1 aliphatic heterocycles. The highest BCUT2D eigenvalue weighted by atomic mass is 35.5. The summed E-state index contributed by atoms with van der Waals surface area (Å²) in [5.41, 5.74) is 6.28. The minimum absolute atomic E-state index is 0. The van der Waals surface area contributed by atoms with E-state index in [0.717, 1.165) is 6.42 Å². The summed E-state index contributed by atoms with van der Waals surface area (Å²) >= 11 is 0. The number of nitrogens with two attached hydrogens (primary N) is 1. The molecule has 130 valence electrons. The summed E-state index contributed by atoms with van der Waals surface area (Å²) in [6.45, 7) is 5.45. The van der Waals surface area contributed by atoms with Gasteiger partial charge in [-0.15, -0.1) is 12.4 Å². The van der Waals surface area contributed by atoms with Crippen LogP contribution >= 0.6 is 12.4 Å². The SMILES string of the molecule is CC(C)CNS(=O)(=O)c1ccc(C(=O)N2CC[C@@H](N)C2)cc1.Cl. The Labute approximate surface area is 143 Å². The Hall–Kier alpha value is -1.15. The van der Waals surface area contributed by atoms with Crippen molar-refractivity contribution in [1.29, 1.82) is 0 Å². The topological polar surface area (TPSA) is 92.5 Å². The van der Waals surface area contributed by atoms with Gasteiger partial charge in [-0.2, -0.15) is 0 Å². The lowest BCUT2D eigenvalue weighted by molar-refractivity contribution is 0.0791. The van der Waals surface area contributed by atoms with Crippen LogP contribution in [0, 0.1) is 5.92 Å². The van der Waals surface area contributed by atoms with Gasteiger partial charge in [-0.1, -0.05) is 13.8 Å². The van der Waals surface area contributed by atoms with E-state index >= 15 is 0 Å². The van der Waals surface area contributed by atoms with Gasteiger partial charge in [0.05, 0.1) is 4.90 Å². The monoisotopic (exact) mass is 361 g/mol. The minimum Gasteiger partial charge on any atom is -0.337 e. The van der Waals surface area contributed by atoms with Gasteiger partial charge < -0.3 is 10.6 Å². The molecule has 2 rings (SSSR count). The molecule has 0 aromatic heterocycles. The second-order valence-electron chi connectivity index (χ2n) is 6.07. The highest BCUT2D eigenvalue weighted by molar-refractivity contribution is 7.89. The Bertz CT molecular complexity index is 632. The number of nitrogens with zero attached hydrogens (tertiary/aromatic N) is 1. The zero-order chi connectivity index (χ0) is 16.3. The number of sulfonamides is 1. The largest absolute Gasteiger partial charge is 0.337 e. The molecule has 23 heavy (non-hydrogen) atoms. The quantitative estimate of drug-likeness (QED) is 0.824. The molecule has 0 radical (unpaired) electrons. The van der Waals surface area contributed by atoms with E-state index in [1.54, 1.807) is 17.0 Å². The molecule has 1 amide bonds. The number of nitrogens with one attached hydrogen (secondary N) is 1. The molecule has 1 heterocycles. The van der Waals surface area contributed by atoms with E-state index in [1.807, 2.05) is 13.8 Å². The van der Waals surface area contributed by atoms with Gasteiger partial charge in [0, 0.05) is 31.2 Å². The summed E-state index contributed by atoms with van der Waals surface area (Å²) in [7, 11) is -3.52. The van der Waals surface area contributed by atoms with Crippen LogP contribution in [0.15, 0.2) is 29.2 Å². The van der Waals surface area contributed by atoms with Crippen molar-refractivity contribution in [2.45, 2.75) is 31.2 Å². The molecule has 0 bridgehead atoms. The number of hydrogen-bond donors (Lipinski definition) is 2. The van der Waals surface area contributed by atoms with Gasteiger partial charge in [-0.25, -0.2) is 13.1 Å². The van der Waals surface area contributed by atoms with Crippen molar-refractivity contribution in [2.75, 3.05) is 19.6 Å². The first-order valence-electron chi connectivity index (χ1n) is 7.44. The standard InChI is InChI=1S/C15H23N3O3S.ClH/c1-11(2)9-17-22(20,21)14-5-3-12(4-6-14)15(19)18-8-7-13(16)10-18;/h3-6,11,13,17H,7-10,16H2,1-2H3;1H/t13-;/m1./s1. The van der Waals surface area contributed by atoms with Gasteiger partial charge >= 0.3 is 0 Å². The minimum atomic E-state index is -3.52. The van der Waals surface area contributed by atoms with E-state index in [1.165, 1.54) is 12.1 Å². The number of rotatable bonds is 5. The second-order valence-corrected chi connectivity index (χ2v) is 7.84. The number of carbonyl (C=O) groups excluding carboxylic acids is 1. The molecule has 8 heteroatoms. The van der Waals surface area contributed by atoms with Crippen molar-refractivity contribution in [3.8, 4) is 0 Å². The number of halogens is 1.